The largest absolute Gasteiger partial charge is 0.325 e. The van der Waals surface area contributed by atoms with Gasteiger partial charge in [-0.1, -0.05) is 36.4 Å². The zero-order chi connectivity index (χ0) is 16.4. The van der Waals surface area contributed by atoms with Gasteiger partial charge in [-0.15, -0.1) is 0 Å². The van der Waals surface area contributed by atoms with Gasteiger partial charge in [-0.25, -0.2) is 0 Å². The van der Waals surface area contributed by atoms with Gasteiger partial charge in [-0.3, -0.25) is 14.4 Å². The summed E-state index contributed by atoms with van der Waals surface area (Å²) in [4.78, 5) is 38.4. The van der Waals surface area contributed by atoms with Gasteiger partial charge in [-0.2, -0.15) is 0 Å². The fourth-order valence-electron chi connectivity index (χ4n) is 2.62. The van der Waals surface area contributed by atoms with Crippen molar-refractivity contribution in [2.45, 2.75) is 6.92 Å². The van der Waals surface area contributed by atoms with Crippen LogP contribution in [0.2, 0.25) is 0 Å². The molecule has 1 N–H and O–H groups in total. The number of aryl methyl sites for hydroxylation is 1. The van der Waals surface area contributed by atoms with E-state index < -0.39 is 17.7 Å². The molecule has 0 bridgehead atoms. The molecule has 0 saturated carbocycles. The molecule has 5 heteroatoms. The van der Waals surface area contributed by atoms with Gasteiger partial charge in [0.25, 0.3) is 0 Å². The van der Waals surface area contributed by atoms with Gasteiger partial charge in [0, 0.05) is 11.4 Å². The maximum absolute atomic E-state index is 12.5. The molecule has 2 aromatic rings. The number of hydrogen-bond donors (Lipinski definition) is 1. The van der Waals surface area contributed by atoms with Crippen molar-refractivity contribution in [3.63, 3.8) is 0 Å². The third-order valence-electron chi connectivity index (χ3n) is 3.88. The molecule has 1 atom stereocenters. The molecule has 1 heterocycles. The van der Waals surface area contributed by atoms with Gasteiger partial charge in [0.05, 0.1) is 6.54 Å². The monoisotopic (exact) mass is 308 g/mol. The summed E-state index contributed by atoms with van der Waals surface area (Å²) in [5, 5.41) is 2.68. The number of carbonyl (C=O) groups is 3. The lowest BCUT2D eigenvalue weighted by molar-refractivity contribution is -0.134. The van der Waals surface area contributed by atoms with Gasteiger partial charge in [0.1, 0.15) is 0 Å². The first kappa shape index (κ1) is 15.0. The van der Waals surface area contributed by atoms with Crippen LogP contribution in [-0.2, 0) is 14.4 Å². The van der Waals surface area contributed by atoms with Crippen LogP contribution >= 0.6 is 0 Å². The van der Waals surface area contributed by atoms with Crippen molar-refractivity contribution in [1.29, 1.82) is 0 Å². The minimum atomic E-state index is -1.28. The Labute approximate surface area is 133 Å². The summed E-state index contributed by atoms with van der Waals surface area (Å²) in [7, 11) is 0. The fraction of sp³-hybridized carbons (Fsp3) is 0.167. The van der Waals surface area contributed by atoms with E-state index in [0.717, 1.165) is 5.56 Å². The predicted molar refractivity (Wildman–Crippen MR) is 87.1 cm³/mol. The van der Waals surface area contributed by atoms with Crippen LogP contribution in [0, 0.1) is 12.8 Å². The topological polar surface area (TPSA) is 66.5 Å². The summed E-state index contributed by atoms with van der Waals surface area (Å²) in [5.74, 6) is -2.72. The predicted octanol–water partition coefficient (Wildman–Crippen LogP) is 2.17. The molecule has 1 aliphatic heterocycles. The average molecular weight is 308 g/mol. The van der Waals surface area contributed by atoms with Crippen LogP contribution in [0.25, 0.3) is 0 Å². The van der Waals surface area contributed by atoms with Crippen LogP contribution in [0.4, 0.5) is 11.4 Å². The van der Waals surface area contributed by atoms with Crippen LogP contribution in [0.15, 0.2) is 54.6 Å². The van der Waals surface area contributed by atoms with Crippen LogP contribution in [0.5, 0.6) is 0 Å². The number of anilines is 2. The van der Waals surface area contributed by atoms with Gasteiger partial charge in [0.15, 0.2) is 11.7 Å². The van der Waals surface area contributed by atoms with E-state index in [9.17, 15) is 14.4 Å². The highest BCUT2D eigenvalue weighted by atomic mass is 16.2. The SMILES string of the molecule is Cc1ccccc1NC(=O)C1C(=O)CN(c2ccccc2)C1=O. The summed E-state index contributed by atoms with van der Waals surface area (Å²) in [6.07, 6.45) is 0. The summed E-state index contributed by atoms with van der Waals surface area (Å²) in [6, 6.07) is 16.1. The third-order valence-corrected chi connectivity index (χ3v) is 3.88. The van der Waals surface area contributed by atoms with Gasteiger partial charge in [0.2, 0.25) is 11.8 Å². The van der Waals surface area contributed by atoms with E-state index in [4.69, 9.17) is 0 Å². The molecule has 5 nitrogen and oxygen atoms in total. The van der Waals surface area contributed by atoms with Crippen LogP contribution in [-0.4, -0.2) is 24.1 Å². The Morgan fingerprint density at radius 2 is 1.70 bits per heavy atom. The first-order valence-electron chi connectivity index (χ1n) is 7.33. The summed E-state index contributed by atoms with van der Waals surface area (Å²) in [5.41, 5.74) is 2.10. The normalized spacial score (nSPS) is 17.4. The molecule has 0 aromatic heterocycles. The van der Waals surface area contributed by atoms with Gasteiger partial charge < -0.3 is 10.2 Å². The van der Waals surface area contributed by atoms with Crippen molar-refractivity contribution in [2.24, 2.45) is 5.92 Å². The number of hydrogen-bond acceptors (Lipinski definition) is 3. The first-order chi connectivity index (χ1) is 11.1. The number of benzene rings is 2. The molecular formula is C18H16N2O3. The van der Waals surface area contributed by atoms with Gasteiger partial charge >= 0.3 is 0 Å². The molecular weight excluding hydrogens is 292 g/mol. The van der Waals surface area contributed by atoms with Crippen molar-refractivity contribution in [3.8, 4) is 0 Å². The molecule has 2 amide bonds. The van der Waals surface area contributed by atoms with Crippen molar-refractivity contribution >= 4 is 29.0 Å². The fourth-order valence-corrected chi connectivity index (χ4v) is 2.62. The number of amides is 2. The number of carbonyl (C=O) groups excluding carboxylic acids is 3. The Morgan fingerprint density at radius 3 is 2.39 bits per heavy atom. The maximum atomic E-state index is 12.5. The number of nitrogens with zero attached hydrogens (tertiary/aromatic N) is 1. The number of rotatable bonds is 3. The number of nitrogens with one attached hydrogen (secondary N) is 1. The molecule has 1 aliphatic rings. The average Bonchev–Trinajstić information content (AvgIpc) is 2.85. The Hall–Kier alpha value is -2.95. The molecule has 2 aromatic carbocycles. The van der Waals surface area contributed by atoms with Crippen molar-refractivity contribution in [3.05, 3.63) is 60.2 Å². The lowest BCUT2D eigenvalue weighted by atomic mass is 10.1. The molecule has 0 spiro atoms. The quantitative estimate of drug-likeness (QED) is 0.884. The van der Waals surface area contributed by atoms with Crippen molar-refractivity contribution < 1.29 is 14.4 Å². The molecule has 1 saturated heterocycles. The number of Topliss-reactive ketones (excluding diaryl/α,β-unsaturated/α-hetero) is 1. The van der Waals surface area contributed by atoms with Crippen molar-refractivity contribution in [1.82, 2.24) is 0 Å². The molecule has 0 aliphatic carbocycles. The standard InChI is InChI=1S/C18H16N2O3/c1-12-7-5-6-10-14(12)19-17(22)16-15(21)11-20(18(16)23)13-8-3-2-4-9-13/h2-10,16H,11H2,1H3,(H,19,22). The zero-order valence-corrected chi connectivity index (χ0v) is 12.7. The summed E-state index contributed by atoms with van der Waals surface area (Å²) < 4.78 is 0. The highest BCUT2D eigenvalue weighted by Gasteiger charge is 2.44. The van der Waals surface area contributed by atoms with E-state index in [1.165, 1.54) is 4.90 Å². The van der Waals surface area contributed by atoms with E-state index in [1.54, 1.807) is 36.4 Å². The second-order valence-corrected chi connectivity index (χ2v) is 5.46. The lowest BCUT2D eigenvalue weighted by Gasteiger charge is -2.15. The third kappa shape index (κ3) is 2.85. The molecule has 23 heavy (non-hydrogen) atoms. The highest BCUT2D eigenvalue weighted by molar-refractivity contribution is 6.30. The van der Waals surface area contributed by atoms with E-state index in [1.807, 2.05) is 25.1 Å². The minimum absolute atomic E-state index is 0.0747. The molecule has 116 valence electrons. The van der Waals surface area contributed by atoms with E-state index in [0.29, 0.717) is 11.4 Å². The molecule has 0 radical (unpaired) electrons. The van der Waals surface area contributed by atoms with E-state index >= 15 is 0 Å². The van der Waals surface area contributed by atoms with Crippen LogP contribution in [0.1, 0.15) is 5.56 Å². The Kier molecular flexibility index (Phi) is 3.93. The number of para-hydroxylation sites is 2. The maximum Gasteiger partial charge on any atom is 0.247 e. The Morgan fingerprint density at radius 1 is 1.04 bits per heavy atom. The second-order valence-electron chi connectivity index (χ2n) is 5.46. The molecule has 1 unspecified atom stereocenters. The zero-order valence-electron chi connectivity index (χ0n) is 12.7. The Balaban J connectivity index is 1.80. The molecule has 3 rings (SSSR count). The molecule has 1 fully saturated rings. The first-order valence-corrected chi connectivity index (χ1v) is 7.33. The number of ketones is 1. The Bertz CT molecular complexity index is 771. The highest BCUT2D eigenvalue weighted by Crippen LogP contribution is 2.24. The smallest absolute Gasteiger partial charge is 0.247 e. The van der Waals surface area contributed by atoms with E-state index in [-0.39, 0.29) is 12.3 Å². The van der Waals surface area contributed by atoms with Crippen LogP contribution in [0.3, 0.4) is 0 Å². The van der Waals surface area contributed by atoms with Gasteiger partial charge in [-0.05, 0) is 30.7 Å². The van der Waals surface area contributed by atoms with Crippen LogP contribution < -0.4 is 10.2 Å². The second kappa shape index (κ2) is 6.04. The summed E-state index contributed by atoms with van der Waals surface area (Å²) >= 11 is 0. The lowest BCUT2D eigenvalue weighted by Crippen LogP contribution is -2.34. The minimum Gasteiger partial charge on any atom is -0.325 e. The van der Waals surface area contributed by atoms with E-state index in [2.05, 4.69) is 5.32 Å². The summed E-state index contributed by atoms with van der Waals surface area (Å²) in [6.45, 7) is 1.78. The van der Waals surface area contributed by atoms with Crippen molar-refractivity contribution in [2.75, 3.05) is 16.8 Å².